The summed E-state index contributed by atoms with van der Waals surface area (Å²) in [4.78, 5) is -0.00928. The average Bonchev–Trinajstić information content (AvgIpc) is 2.85. The number of rotatable bonds is 2. The maximum absolute atomic E-state index is 13.1. The molecule has 2 heterocycles. The van der Waals surface area contributed by atoms with E-state index in [-0.39, 0.29) is 22.3 Å². The summed E-state index contributed by atoms with van der Waals surface area (Å²) < 4.78 is 39.7. The second-order valence-corrected chi connectivity index (χ2v) is 7.65. The van der Waals surface area contributed by atoms with Gasteiger partial charge < -0.3 is 5.32 Å². The van der Waals surface area contributed by atoms with Crippen molar-refractivity contribution in [3.63, 3.8) is 0 Å². The summed E-state index contributed by atoms with van der Waals surface area (Å²) in [7, 11) is -3.64. The molecule has 0 aromatic heterocycles. The van der Waals surface area contributed by atoms with E-state index in [9.17, 15) is 12.8 Å². The first-order chi connectivity index (χ1) is 9.48. The molecule has 3 rings (SSSR count). The van der Waals surface area contributed by atoms with Gasteiger partial charge in [0.2, 0.25) is 10.0 Å². The van der Waals surface area contributed by atoms with Crippen LogP contribution in [0.25, 0.3) is 0 Å². The molecule has 2 aliphatic rings. The Labute approximate surface area is 135 Å². The molecule has 0 radical (unpaired) electrons. The topological polar surface area (TPSA) is 49.4 Å². The summed E-state index contributed by atoms with van der Waals surface area (Å²) in [6, 6.07) is 3.83. The van der Waals surface area contributed by atoms with E-state index >= 15 is 0 Å². The standard InChI is InChI=1S/C13H16ClFN2O2S.ClH/c14-11-7-10(15)1-2-13(11)20(18,19)17-6-4-12-9(8-17)3-5-16-12;/h1-2,7,9,12,16H,3-6,8H2;1H. The van der Waals surface area contributed by atoms with Gasteiger partial charge in [-0.3, -0.25) is 0 Å². The number of nitrogens with one attached hydrogen (secondary N) is 1. The highest BCUT2D eigenvalue weighted by Gasteiger charge is 2.38. The minimum absolute atomic E-state index is 0. The predicted octanol–water partition coefficient (Wildman–Crippen LogP) is 2.27. The van der Waals surface area contributed by atoms with Crippen molar-refractivity contribution in [3.05, 3.63) is 29.0 Å². The first-order valence-corrected chi connectivity index (χ1v) is 8.49. The summed E-state index contributed by atoms with van der Waals surface area (Å²) in [6.45, 7) is 1.93. The van der Waals surface area contributed by atoms with Crippen molar-refractivity contribution in [2.45, 2.75) is 23.8 Å². The highest BCUT2D eigenvalue weighted by Crippen LogP contribution is 2.31. The number of hydrogen-bond acceptors (Lipinski definition) is 3. The van der Waals surface area contributed by atoms with Gasteiger partial charge in [0.15, 0.2) is 0 Å². The van der Waals surface area contributed by atoms with Gasteiger partial charge in [-0.25, -0.2) is 12.8 Å². The second-order valence-electron chi connectivity index (χ2n) is 5.34. The molecule has 0 amide bonds. The van der Waals surface area contributed by atoms with Crippen LogP contribution < -0.4 is 5.32 Å². The fraction of sp³-hybridized carbons (Fsp3) is 0.538. The Morgan fingerprint density at radius 2 is 2.10 bits per heavy atom. The molecule has 8 heteroatoms. The van der Waals surface area contributed by atoms with Gasteiger partial charge in [-0.1, -0.05) is 11.6 Å². The minimum Gasteiger partial charge on any atom is -0.314 e. The van der Waals surface area contributed by atoms with Crippen molar-refractivity contribution >= 4 is 34.0 Å². The van der Waals surface area contributed by atoms with Crippen LogP contribution in [-0.2, 0) is 10.0 Å². The first-order valence-electron chi connectivity index (χ1n) is 6.67. The Kier molecular flexibility index (Phi) is 5.15. The Morgan fingerprint density at radius 3 is 2.81 bits per heavy atom. The molecule has 1 aromatic carbocycles. The first kappa shape index (κ1) is 17.0. The normalized spacial score (nSPS) is 26.2. The molecule has 4 nitrogen and oxygen atoms in total. The summed E-state index contributed by atoms with van der Waals surface area (Å²) in [5, 5.41) is 3.33. The molecule has 0 aliphatic carbocycles. The fourth-order valence-electron chi connectivity index (χ4n) is 3.06. The third-order valence-corrected chi connectivity index (χ3v) is 6.48. The van der Waals surface area contributed by atoms with E-state index in [0.29, 0.717) is 25.0 Å². The molecule has 0 saturated carbocycles. The van der Waals surface area contributed by atoms with E-state index in [1.165, 1.54) is 10.4 Å². The minimum atomic E-state index is -3.64. The van der Waals surface area contributed by atoms with Crippen LogP contribution in [0.2, 0.25) is 5.02 Å². The van der Waals surface area contributed by atoms with Crippen molar-refractivity contribution in [1.82, 2.24) is 9.62 Å². The highest BCUT2D eigenvalue weighted by molar-refractivity contribution is 7.89. The number of nitrogens with zero attached hydrogens (tertiary/aromatic N) is 1. The van der Waals surface area contributed by atoms with Gasteiger partial charge in [-0.05, 0) is 43.5 Å². The van der Waals surface area contributed by atoms with Gasteiger partial charge in [-0.15, -0.1) is 12.4 Å². The molecule has 2 saturated heterocycles. The third-order valence-electron chi connectivity index (χ3n) is 4.13. The average molecular weight is 355 g/mol. The van der Waals surface area contributed by atoms with Crippen LogP contribution in [0, 0.1) is 11.7 Å². The number of benzene rings is 1. The Bertz CT molecular complexity index is 627. The quantitative estimate of drug-likeness (QED) is 0.886. The maximum atomic E-state index is 13.1. The Balaban J connectivity index is 0.00000161. The van der Waals surface area contributed by atoms with E-state index in [0.717, 1.165) is 31.5 Å². The van der Waals surface area contributed by atoms with Gasteiger partial charge in [0, 0.05) is 19.1 Å². The van der Waals surface area contributed by atoms with Gasteiger partial charge >= 0.3 is 0 Å². The van der Waals surface area contributed by atoms with Gasteiger partial charge in [0.25, 0.3) is 0 Å². The molecular formula is C13H17Cl2FN2O2S. The van der Waals surface area contributed by atoms with E-state index < -0.39 is 15.8 Å². The van der Waals surface area contributed by atoms with Crippen LogP contribution in [0.1, 0.15) is 12.8 Å². The van der Waals surface area contributed by atoms with Crippen molar-refractivity contribution < 1.29 is 12.8 Å². The maximum Gasteiger partial charge on any atom is 0.244 e. The van der Waals surface area contributed by atoms with Crippen molar-refractivity contribution in [2.75, 3.05) is 19.6 Å². The van der Waals surface area contributed by atoms with Crippen molar-refractivity contribution in [1.29, 1.82) is 0 Å². The summed E-state index contributed by atoms with van der Waals surface area (Å²) in [5.41, 5.74) is 0. The smallest absolute Gasteiger partial charge is 0.244 e. The molecule has 0 spiro atoms. The van der Waals surface area contributed by atoms with E-state index in [1.54, 1.807) is 0 Å². The lowest BCUT2D eigenvalue weighted by molar-refractivity contribution is 0.247. The van der Waals surface area contributed by atoms with Crippen LogP contribution in [0.15, 0.2) is 23.1 Å². The predicted molar refractivity (Wildman–Crippen MR) is 81.9 cm³/mol. The number of hydrogen-bond donors (Lipinski definition) is 1. The largest absolute Gasteiger partial charge is 0.314 e. The van der Waals surface area contributed by atoms with Gasteiger partial charge in [-0.2, -0.15) is 4.31 Å². The molecule has 1 N–H and O–H groups in total. The van der Waals surface area contributed by atoms with Crippen LogP contribution in [0.4, 0.5) is 4.39 Å². The summed E-state index contributed by atoms with van der Waals surface area (Å²) in [5.74, 6) is -0.176. The zero-order valence-electron chi connectivity index (χ0n) is 11.3. The highest BCUT2D eigenvalue weighted by atomic mass is 35.5. The Hall–Kier alpha value is -0.400. The van der Waals surface area contributed by atoms with Crippen molar-refractivity contribution in [2.24, 2.45) is 5.92 Å². The summed E-state index contributed by atoms with van der Waals surface area (Å²) in [6.07, 6.45) is 1.80. The van der Waals surface area contributed by atoms with E-state index in [2.05, 4.69) is 5.32 Å². The number of fused-ring (bicyclic) bond motifs is 1. The van der Waals surface area contributed by atoms with E-state index in [1.807, 2.05) is 0 Å². The Morgan fingerprint density at radius 1 is 1.33 bits per heavy atom. The zero-order chi connectivity index (χ0) is 14.3. The third kappa shape index (κ3) is 3.19. The van der Waals surface area contributed by atoms with Gasteiger partial charge in [0.1, 0.15) is 10.7 Å². The molecule has 2 unspecified atom stereocenters. The van der Waals surface area contributed by atoms with Crippen LogP contribution in [-0.4, -0.2) is 38.4 Å². The molecule has 2 atom stereocenters. The fourth-order valence-corrected chi connectivity index (χ4v) is 5.07. The summed E-state index contributed by atoms with van der Waals surface area (Å²) >= 11 is 5.89. The molecule has 21 heavy (non-hydrogen) atoms. The van der Waals surface area contributed by atoms with E-state index in [4.69, 9.17) is 11.6 Å². The molecule has 118 valence electrons. The monoisotopic (exact) mass is 354 g/mol. The van der Waals surface area contributed by atoms with Crippen molar-refractivity contribution in [3.8, 4) is 0 Å². The zero-order valence-corrected chi connectivity index (χ0v) is 13.6. The molecule has 2 aliphatic heterocycles. The SMILES string of the molecule is Cl.O=S(=O)(c1ccc(F)cc1Cl)N1CCC2NCCC2C1. The van der Waals surface area contributed by atoms with Crippen LogP contribution >= 0.6 is 24.0 Å². The molecule has 1 aromatic rings. The lowest BCUT2D eigenvalue weighted by atomic mass is 9.95. The lowest BCUT2D eigenvalue weighted by Gasteiger charge is -2.34. The lowest BCUT2D eigenvalue weighted by Crippen LogP contribution is -2.46. The van der Waals surface area contributed by atoms with Crippen LogP contribution in [0.3, 0.4) is 0 Å². The number of sulfonamides is 1. The van der Waals surface area contributed by atoms with Crippen LogP contribution in [0.5, 0.6) is 0 Å². The number of piperidine rings is 1. The number of halogens is 3. The molecule has 2 fully saturated rings. The molecular weight excluding hydrogens is 338 g/mol. The molecule has 0 bridgehead atoms. The second kappa shape index (κ2) is 6.38. The van der Waals surface area contributed by atoms with Gasteiger partial charge in [0.05, 0.1) is 5.02 Å².